The highest BCUT2D eigenvalue weighted by Gasteiger charge is 2.52. The Morgan fingerprint density at radius 3 is 2.07 bits per heavy atom. The van der Waals surface area contributed by atoms with Gasteiger partial charge < -0.3 is 16.8 Å². The molecule has 0 spiro atoms. The summed E-state index contributed by atoms with van der Waals surface area (Å²) in [6.45, 7) is -0.162. The van der Waals surface area contributed by atoms with Crippen LogP contribution in [0, 0.1) is 0 Å². The predicted molar refractivity (Wildman–Crippen MR) is 106 cm³/mol. The molecule has 0 saturated carbocycles. The number of urea groups is 1. The van der Waals surface area contributed by atoms with Gasteiger partial charge in [0.15, 0.2) is 11.4 Å². The number of amides is 3. The molecule has 0 bridgehead atoms. The molecular formula is C20H19N7O2. The summed E-state index contributed by atoms with van der Waals surface area (Å²) in [7, 11) is 0. The highest BCUT2D eigenvalue weighted by molar-refractivity contribution is 6.07. The van der Waals surface area contributed by atoms with E-state index in [1.165, 1.54) is 0 Å². The number of nitrogens with one attached hydrogen (secondary N) is 1. The fourth-order valence-corrected chi connectivity index (χ4v) is 3.48. The second-order valence-corrected chi connectivity index (χ2v) is 6.72. The van der Waals surface area contributed by atoms with Gasteiger partial charge in [0.25, 0.3) is 5.91 Å². The van der Waals surface area contributed by atoms with E-state index in [-0.39, 0.29) is 24.3 Å². The van der Waals surface area contributed by atoms with E-state index in [4.69, 9.17) is 11.5 Å². The van der Waals surface area contributed by atoms with E-state index in [9.17, 15) is 9.59 Å². The van der Waals surface area contributed by atoms with E-state index >= 15 is 0 Å². The Morgan fingerprint density at radius 2 is 1.45 bits per heavy atom. The Morgan fingerprint density at radius 1 is 0.862 bits per heavy atom. The summed E-state index contributed by atoms with van der Waals surface area (Å²) in [5.41, 5.74) is 11.6. The normalized spacial score (nSPS) is 18.7. The van der Waals surface area contributed by atoms with Crippen LogP contribution in [0.3, 0.4) is 0 Å². The van der Waals surface area contributed by atoms with Crippen LogP contribution in [0.5, 0.6) is 0 Å². The minimum Gasteiger partial charge on any atom is -0.368 e. The van der Waals surface area contributed by atoms with Crippen molar-refractivity contribution in [3.63, 3.8) is 0 Å². The Labute approximate surface area is 166 Å². The van der Waals surface area contributed by atoms with Crippen molar-refractivity contribution in [2.75, 3.05) is 11.5 Å². The molecule has 1 fully saturated rings. The number of anilines is 2. The lowest BCUT2D eigenvalue weighted by molar-refractivity contribution is -0.132. The number of benzene rings is 2. The molecule has 0 aliphatic carbocycles. The number of carbonyl (C=O) groups excluding carboxylic acids is 2. The van der Waals surface area contributed by atoms with Gasteiger partial charge in [-0.2, -0.15) is 15.0 Å². The third-order valence-electron chi connectivity index (χ3n) is 4.77. The van der Waals surface area contributed by atoms with Gasteiger partial charge in [-0.3, -0.25) is 9.69 Å². The molecule has 1 atom stereocenters. The number of hydrogen-bond acceptors (Lipinski definition) is 7. The van der Waals surface area contributed by atoms with Crippen LogP contribution < -0.4 is 16.8 Å². The van der Waals surface area contributed by atoms with Gasteiger partial charge >= 0.3 is 6.03 Å². The Balaban J connectivity index is 1.72. The Hall–Kier alpha value is -4.01. The van der Waals surface area contributed by atoms with E-state index in [0.29, 0.717) is 12.0 Å². The molecule has 146 valence electrons. The number of nitrogens with two attached hydrogens (primary N) is 2. The lowest BCUT2D eigenvalue weighted by atomic mass is 9.83. The van der Waals surface area contributed by atoms with Gasteiger partial charge in [-0.25, -0.2) is 4.79 Å². The van der Waals surface area contributed by atoms with Crippen molar-refractivity contribution in [2.45, 2.75) is 18.5 Å². The van der Waals surface area contributed by atoms with Crippen LogP contribution in [0.2, 0.25) is 0 Å². The van der Waals surface area contributed by atoms with Gasteiger partial charge in [-0.15, -0.1) is 0 Å². The van der Waals surface area contributed by atoms with Gasteiger partial charge in [0.05, 0.1) is 6.54 Å². The molecular weight excluding hydrogens is 370 g/mol. The molecule has 3 amide bonds. The molecule has 2 heterocycles. The maximum Gasteiger partial charge on any atom is 0.325 e. The Kier molecular flexibility index (Phi) is 4.55. The summed E-state index contributed by atoms with van der Waals surface area (Å²) in [6.07, 6.45) is 0.306. The van der Waals surface area contributed by atoms with Crippen LogP contribution in [0.1, 0.15) is 17.0 Å². The number of hydrogen-bond donors (Lipinski definition) is 3. The summed E-state index contributed by atoms with van der Waals surface area (Å²) < 4.78 is 0. The van der Waals surface area contributed by atoms with Crippen molar-refractivity contribution < 1.29 is 9.59 Å². The van der Waals surface area contributed by atoms with E-state index in [1.807, 2.05) is 60.7 Å². The first-order valence-corrected chi connectivity index (χ1v) is 8.97. The number of rotatable bonds is 5. The number of aromatic nitrogens is 3. The first-order chi connectivity index (χ1) is 14.0. The third kappa shape index (κ3) is 3.45. The second kappa shape index (κ2) is 7.19. The molecule has 29 heavy (non-hydrogen) atoms. The molecule has 1 aliphatic heterocycles. The largest absolute Gasteiger partial charge is 0.368 e. The summed E-state index contributed by atoms with van der Waals surface area (Å²) in [5.74, 6) is -0.395. The van der Waals surface area contributed by atoms with E-state index in [2.05, 4.69) is 20.3 Å². The first kappa shape index (κ1) is 18.4. The summed E-state index contributed by atoms with van der Waals surface area (Å²) >= 11 is 0. The van der Waals surface area contributed by atoms with E-state index < -0.39 is 17.5 Å². The SMILES string of the molecule is Nc1nc(N)nc(CN2C(=O)N[C@@](Cc3ccccc3)(c3ccccc3)C2=O)n1. The fraction of sp³-hybridized carbons (Fsp3) is 0.150. The highest BCUT2D eigenvalue weighted by Crippen LogP contribution is 2.33. The van der Waals surface area contributed by atoms with Crippen molar-refractivity contribution in [1.82, 2.24) is 25.2 Å². The van der Waals surface area contributed by atoms with E-state index in [1.54, 1.807) is 0 Å². The zero-order valence-corrected chi connectivity index (χ0v) is 15.4. The van der Waals surface area contributed by atoms with Gasteiger partial charge in [0.1, 0.15) is 0 Å². The first-order valence-electron chi connectivity index (χ1n) is 8.97. The van der Waals surface area contributed by atoms with Gasteiger partial charge in [0, 0.05) is 6.42 Å². The summed E-state index contributed by atoms with van der Waals surface area (Å²) in [4.78, 5) is 39.1. The van der Waals surface area contributed by atoms with Crippen LogP contribution in [0.4, 0.5) is 16.7 Å². The average Bonchev–Trinajstić information content (AvgIpc) is 2.94. The topological polar surface area (TPSA) is 140 Å². The minimum atomic E-state index is -1.23. The highest BCUT2D eigenvalue weighted by atomic mass is 16.2. The molecule has 1 saturated heterocycles. The molecule has 9 nitrogen and oxygen atoms in total. The number of nitrogens with zero attached hydrogens (tertiary/aromatic N) is 4. The van der Waals surface area contributed by atoms with Crippen molar-refractivity contribution in [3.05, 3.63) is 77.6 Å². The molecule has 9 heteroatoms. The van der Waals surface area contributed by atoms with Crippen molar-refractivity contribution in [3.8, 4) is 0 Å². The molecule has 0 unspecified atom stereocenters. The van der Waals surface area contributed by atoms with Gasteiger partial charge in [0.2, 0.25) is 11.9 Å². The number of carbonyl (C=O) groups is 2. The fourth-order valence-electron chi connectivity index (χ4n) is 3.48. The van der Waals surface area contributed by atoms with Crippen molar-refractivity contribution >= 4 is 23.8 Å². The molecule has 2 aromatic carbocycles. The monoisotopic (exact) mass is 389 g/mol. The predicted octanol–water partition coefficient (Wildman–Crippen LogP) is 1.23. The maximum absolute atomic E-state index is 13.5. The van der Waals surface area contributed by atoms with Crippen LogP contribution in [-0.2, 0) is 23.3 Å². The number of nitrogen functional groups attached to an aromatic ring is 2. The smallest absolute Gasteiger partial charge is 0.325 e. The molecule has 1 aromatic heterocycles. The van der Waals surface area contributed by atoms with Gasteiger partial charge in [-0.05, 0) is 11.1 Å². The molecule has 5 N–H and O–H groups in total. The standard InChI is InChI=1S/C20H19N7O2/c21-17-23-15(24-18(22)25-17)12-27-16(28)20(26-19(27)29,14-9-5-2-6-10-14)11-13-7-3-1-4-8-13/h1-10H,11-12H2,(H,26,29)(H4,21,22,23,24,25)/t20-/m0/s1. The van der Waals surface area contributed by atoms with E-state index in [0.717, 1.165) is 10.5 Å². The zero-order chi connectivity index (χ0) is 20.4. The van der Waals surface area contributed by atoms with Crippen LogP contribution in [0.25, 0.3) is 0 Å². The second-order valence-electron chi connectivity index (χ2n) is 6.72. The maximum atomic E-state index is 13.5. The molecule has 4 rings (SSSR count). The molecule has 0 radical (unpaired) electrons. The molecule has 3 aromatic rings. The lowest BCUT2D eigenvalue weighted by Crippen LogP contribution is -2.46. The number of imide groups is 1. The van der Waals surface area contributed by atoms with Crippen LogP contribution in [-0.4, -0.2) is 31.8 Å². The van der Waals surface area contributed by atoms with Gasteiger partial charge in [-0.1, -0.05) is 60.7 Å². The summed E-state index contributed by atoms with van der Waals surface area (Å²) in [5, 5.41) is 2.89. The molecule has 1 aliphatic rings. The van der Waals surface area contributed by atoms with Crippen molar-refractivity contribution in [1.29, 1.82) is 0 Å². The van der Waals surface area contributed by atoms with Crippen LogP contribution in [0.15, 0.2) is 60.7 Å². The zero-order valence-electron chi connectivity index (χ0n) is 15.4. The average molecular weight is 389 g/mol. The van der Waals surface area contributed by atoms with Crippen LogP contribution >= 0.6 is 0 Å². The Bertz CT molecular complexity index is 1040. The summed E-state index contributed by atoms with van der Waals surface area (Å²) in [6, 6.07) is 18.1. The minimum absolute atomic E-state index is 0.0711. The third-order valence-corrected chi connectivity index (χ3v) is 4.77. The van der Waals surface area contributed by atoms with Crippen molar-refractivity contribution in [2.24, 2.45) is 0 Å². The quantitative estimate of drug-likeness (QED) is 0.557. The lowest BCUT2D eigenvalue weighted by Gasteiger charge is -2.27.